The van der Waals surface area contributed by atoms with Gasteiger partial charge in [-0.25, -0.2) is 0 Å². The second kappa shape index (κ2) is 12.5. The number of piperazine rings is 2. The van der Waals surface area contributed by atoms with E-state index < -0.39 is 12.0 Å². The van der Waals surface area contributed by atoms with Crippen molar-refractivity contribution >= 4 is 0 Å². The standard InChI is InChI=1S/C34H38F3N7O/c1-45-31-15-14-28(44-33(34(35,36)37)38-39-40-44)18-27(31)20-42-22-29-21-41(19-24-12-13-24)16-17-43(29)30(23-42)32(25-8-4-2-5-9-25)26-10-6-3-7-11-26/h2-11,14-15,18,24,29-30,32H,12-13,16-17,19-23H2,1H3/t29-,30-/m0/s1. The summed E-state index contributed by atoms with van der Waals surface area (Å²) in [6.45, 7) is 6.46. The van der Waals surface area contributed by atoms with E-state index in [0.717, 1.165) is 48.9 Å². The predicted molar refractivity (Wildman–Crippen MR) is 164 cm³/mol. The van der Waals surface area contributed by atoms with E-state index >= 15 is 0 Å². The van der Waals surface area contributed by atoms with Crippen LogP contribution >= 0.6 is 0 Å². The van der Waals surface area contributed by atoms with Gasteiger partial charge in [0.25, 0.3) is 5.82 Å². The van der Waals surface area contributed by atoms with Crippen LogP contribution in [0.5, 0.6) is 5.75 Å². The summed E-state index contributed by atoms with van der Waals surface area (Å²) in [6, 6.07) is 27.0. The lowest BCUT2D eigenvalue weighted by molar-refractivity contribution is -0.146. The van der Waals surface area contributed by atoms with Crippen molar-refractivity contribution < 1.29 is 17.9 Å². The Morgan fingerprint density at radius 3 is 2.20 bits per heavy atom. The molecule has 0 amide bonds. The van der Waals surface area contributed by atoms with E-state index in [-0.39, 0.29) is 17.6 Å². The number of methoxy groups -OCH3 is 1. The van der Waals surface area contributed by atoms with Gasteiger partial charge in [0, 0.05) is 69.4 Å². The van der Waals surface area contributed by atoms with E-state index in [4.69, 9.17) is 4.74 Å². The highest BCUT2D eigenvalue weighted by atomic mass is 19.4. The molecule has 2 saturated heterocycles. The molecule has 0 N–H and O–H groups in total. The third kappa shape index (κ3) is 6.47. The molecule has 1 saturated carbocycles. The number of hydrogen-bond acceptors (Lipinski definition) is 7. The first kappa shape index (κ1) is 29.9. The summed E-state index contributed by atoms with van der Waals surface area (Å²) in [5.74, 6) is 0.463. The first-order valence-corrected chi connectivity index (χ1v) is 15.7. The minimum absolute atomic E-state index is 0.163. The van der Waals surface area contributed by atoms with Crippen molar-refractivity contribution in [3.8, 4) is 11.4 Å². The van der Waals surface area contributed by atoms with E-state index in [0.29, 0.717) is 18.3 Å². The Labute approximate surface area is 261 Å². The van der Waals surface area contributed by atoms with Crippen LogP contribution in [-0.2, 0) is 12.7 Å². The number of aromatic nitrogens is 4. The molecule has 3 aromatic carbocycles. The lowest BCUT2D eigenvalue weighted by atomic mass is 9.81. The first-order chi connectivity index (χ1) is 21.9. The number of ether oxygens (including phenoxy) is 1. The largest absolute Gasteiger partial charge is 0.496 e. The SMILES string of the molecule is COc1ccc(-n2nnnc2C(F)(F)F)cc1CN1C[C@@H]2CN(CC3CC3)CCN2[C@H](C(c2ccccc2)c2ccccc2)C1. The topological polar surface area (TPSA) is 62.6 Å². The fourth-order valence-corrected chi connectivity index (χ4v) is 7.29. The maximum atomic E-state index is 13.7. The Bertz CT molecular complexity index is 1540. The van der Waals surface area contributed by atoms with E-state index in [2.05, 4.69) is 90.9 Å². The molecule has 3 heterocycles. The second-order valence-corrected chi connectivity index (χ2v) is 12.6. The molecule has 3 aliphatic rings. The van der Waals surface area contributed by atoms with Gasteiger partial charge in [-0.1, -0.05) is 60.7 Å². The maximum absolute atomic E-state index is 13.7. The number of alkyl halides is 3. The molecule has 4 aromatic rings. The van der Waals surface area contributed by atoms with Crippen LogP contribution in [0.25, 0.3) is 5.69 Å². The zero-order valence-corrected chi connectivity index (χ0v) is 25.4. The summed E-state index contributed by atoms with van der Waals surface area (Å²) in [5, 5.41) is 10.2. The lowest BCUT2D eigenvalue weighted by Crippen LogP contribution is -2.66. The van der Waals surface area contributed by atoms with Crippen molar-refractivity contribution in [1.29, 1.82) is 0 Å². The minimum Gasteiger partial charge on any atom is -0.496 e. The first-order valence-electron chi connectivity index (χ1n) is 15.7. The number of hydrogen-bond donors (Lipinski definition) is 0. The van der Waals surface area contributed by atoms with Gasteiger partial charge in [-0.15, -0.1) is 5.10 Å². The highest BCUT2D eigenvalue weighted by Gasteiger charge is 2.43. The molecular weight excluding hydrogens is 579 g/mol. The number of rotatable bonds is 9. The predicted octanol–water partition coefficient (Wildman–Crippen LogP) is 5.10. The number of tetrazole rings is 1. The average Bonchev–Trinajstić information content (AvgIpc) is 3.71. The number of fused-ring (bicyclic) bond motifs is 1. The van der Waals surface area contributed by atoms with E-state index in [1.165, 1.54) is 30.5 Å². The Morgan fingerprint density at radius 1 is 0.867 bits per heavy atom. The van der Waals surface area contributed by atoms with E-state index in [1.54, 1.807) is 25.3 Å². The Balaban J connectivity index is 1.23. The fraction of sp³-hybridized carbons (Fsp3) is 0.441. The van der Waals surface area contributed by atoms with Gasteiger partial charge < -0.3 is 9.64 Å². The van der Waals surface area contributed by atoms with Gasteiger partial charge in [0.1, 0.15) is 5.75 Å². The molecule has 0 spiro atoms. The van der Waals surface area contributed by atoms with Crippen molar-refractivity contribution in [2.24, 2.45) is 5.92 Å². The molecule has 45 heavy (non-hydrogen) atoms. The van der Waals surface area contributed by atoms with E-state index in [1.807, 2.05) is 0 Å². The summed E-state index contributed by atoms with van der Waals surface area (Å²) in [6.07, 6.45) is -2.02. The smallest absolute Gasteiger partial charge is 0.453 e. The zero-order chi connectivity index (χ0) is 31.0. The number of benzene rings is 3. The fourth-order valence-electron chi connectivity index (χ4n) is 7.29. The number of nitrogens with zero attached hydrogens (tertiary/aromatic N) is 7. The van der Waals surface area contributed by atoms with Crippen LogP contribution < -0.4 is 4.74 Å². The summed E-state index contributed by atoms with van der Waals surface area (Å²) < 4.78 is 47.4. The molecule has 3 fully saturated rings. The van der Waals surface area contributed by atoms with Crippen molar-refractivity contribution in [3.63, 3.8) is 0 Å². The lowest BCUT2D eigenvalue weighted by Gasteiger charge is -2.53. The molecule has 7 rings (SSSR count). The van der Waals surface area contributed by atoms with Gasteiger partial charge in [0.2, 0.25) is 0 Å². The maximum Gasteiger partial charge on any atom is 0.453 e. The highest BCUT2D eigenvalue weighted by molar-refractivity contribution is 5.44. The van der Waals surface area contributed by atoms with Gasteiger partial charge in [0.05, 0.1) is 12.8 Å². The molecule has 8 nitrogen and oxygen atoms in total. The van der Waals surface area contributed by atoms with Crippen LogP contribution in [0.1, 0.15) is 41.3 Å². The van der Waals surface area contributed by atoms with E-state index in [9.17, 15) is 13.2 Å². The molecule has 236 valence electrons. The quantitative estimate of drug-likeness (QED) is 0.259. The molecule has 0 radical (unpaired) electrons. The van der Waals surface area contributed by atoms with Crippen molar-refractivity contribution in [2.45, 2.75) is 43.6 Å². The van der Waals surface area contributed by atoms with Crippen molar-refractivity contribution in [3.05, 3.63) is 101 Å². The van der Waals surface area contributed by atoms with Crippen LogP contribution in [0.4, 0.5) is 13.2 Å². The summed E-state index contributed by atoms with van der Waals surface area (Å²) in [5.41, 5.74) is 3.62. The van der Waals surface area contributed by atoms with Crippen LogP contribution in [0.2, 0.25) is 0 Å². The van der Waals surface area contributed by atoms with Crippen molar-refractivity contribution in [1.82, 2.24) is 34.9 Å². The molecular formula is C34H38F3N7O. The molecule has 1 aromatic heterocycles. The van der Waals surface area contributed by atoms with Gasteiger partial charge in [-0.3, -0.25) is 9.80 Å². The van der Waals surface area contributed by atoms with Crippen LogP contribution in [0, 0.1) is 5.92 Å². The van der Waals surface area contributed by atoms with Crippen LogP contribution in [-0.4, -0.2) is 93.4 Å². The van der Waals surface area contributed by atoms with Crippen LogP contribution in [0.15, 0.2) is 78.9 Å². The normalized spacial score (nSPS) is 21.6. The summed E-state index contributed by atoms with van der Waals surface area (Å²) >= 11 is 0. The minimum atomic E-state index is -4.68. The van der Waals surface area contributed by atoms with Gasteiger partial charge in [-0.05, 0) is 58.5 Å². The zero-order valence-electron chi connectivity index (χ0n) is 25.4. The van der Waals surface area contributed by atoms with Gasteiger partial charge in [-0.2, -0.15) is 17.9 Å². The monoisotopic (exact) mass is 617 g/mol. The Morgan fingerprint density at radius 2 is 1.56 bits per heavy atom. The highest BCUT2D eigenvalue weighted by Crippen LogP contribution is 2.38. The van der Waals surface area contributed by atoms with Gasteiger partial charge >= 0.3 is 6.18 Å². The molecule has 0 bridgehead atoms. The third-order valence-corrected chi connectivity index (χ3v) is 9.49. The van der Waals surface area contributed by atoms with Gasteiger partial charge in [0.15, 0.2) is 0 Å². The molecule has 0 unspecified atom stereocenters. The van der Waals surface area contributed by atoms with Crippen LogP contribution in [0.3, 0.4) is 0 Å². The molecule has 11 heteroatoms. The third-order valence-electron chi connectivity index (χ3n) is 9.49. The molecule has 2 aliphatic heterocycles. The summed E-state index contributed by atoms with van der Waals surface area (Å²) in [4.78, 5) is 7.82. The average molecular weight is 618 g/mol. The second-order valence-electron chi connectivity index (χ2n) is 12.6. The Kier molecular flexibility index (Phi) is 8.32. The number of halogens is 3. The van der Waals surface area contributed by atoms with Crippen molar-refractivity contribution in [2.75, 3.05) is 46.4 Å². The molecule has 2 atom stereocenters. The summed E-state index contributed by atoms with van der Waals surface area (Å²) in [7, 11) is 1.59. The Hall–Kier alpha value is -3.80. The molecule has 1 aliphatic carbocycles.